The topological polar surface area (TPSA) is 54.7 Å². The smallest absolute Gasteiger partial charge is 0.153 e. The zero-order chi connectivity index (χ0) is 14.3. The van der Waals surface area contributed by atoms with Crippen molar-refractivity contribution in [2.45, 2.75) is 6.92 Å². The molecular formula is C14H11F2N3S. The van der Waals surface area contributed by atoms with E-state index in [-0.39, 0.29) is 5.82 Å². The van der Waals surface area contributed by atoms with E-state index < -0.39 is 11.6 Å². The van der Waals surface area contributed by atoms with Crippen LogP contribution in [0.5, 0.6) is 0 Å². The first-order chi connectivity index (χ1) is 9.56. The number of aryl methyl sites for hydroxylation is 1. The molecule has 3 aromatic rings. The van der Waals surface area contributed by atoms with Gasteiger partial charge in [-0.25, -0.2) is 8.78 Å². The molecular weight excluding hydrogens is 280 g/mol. The van der Waals surface area contributed by atoms with E-state index in [1.54, 1.807) is 11.3 Å². The lowest BCUT2D eigenvalue weighted by molar-refractivity contribution is 0.584. The third-order valence-corrected chi connectivity index (χ3v) is 3.93. The lowest BCUT2D eigenvalue weighted by Gasteiger charge is -2.05. The second kappa shape index (κ2) is 4.72. The van der Waals surface area contributed by atoms with Gasteiger partial charge in [-0.05, 0) is 35.6 Å². The molecule has 6 heteroatoms. The molecule has 0 fully saturated rings. The predicted octanol–water partition coefficient (Wildman–Crippen LogP) is 3.97. The Balaban J connectivity index is 2.24. The van der Waals surface area contributed by atoms with Crippen LogP contribution in [0.4, 0.5) is 14.6 Å². The summed E-state index contributed by atoms with van der Waals surface area (Å²) in [5.41, 5.74) is 9.39. The molecule has 20 heavy (non-hydrogen) atoms. The van der Waals surface area contributed by atoms with E-state index in [4.69, 9.17) is 5.73 Å². The number of H-pyrrole nitrogens is 1. The molecule has 3 rings (SSSR count). The predicted molar refractivity (Wildman–Crippen MR) is 76.4 cm³/mol. The van der Waals surface area contributed by atoms with Crippen LogP contribution < -0.4 is 5.73 Å². The van der Waals surface area contributed by atoms with Crippen molar-refractivity contribution in [1.82, 2.24) is 10.2 Å². The molecule has 0 saturated heterocycles. The van der Waals surface area contributed by atoms with E-state index >= 15 is 0 Å². The van der Waals surface area contributed by atoms with Crippen molar-refractivity contribution in [3.63, 3.8) is 0 Å². The van der Waals surface area contributed by atoms with Crippen molar-refractivity contribution >= 4 is 17.2 Å². The highest BCUT2D eigenvalue weighted by molar-refractivity contribution is 7.08. The highest BCUT2D eigenvalue weighted by atomic mass is 32.1. The maximum absolute atomic E-state index is 13.4. The SMILES string of the molecule is Cc1cscc1-c1[nH]nc(N)c1-c1cc(F)cc(F)c1. The number of benzene rings is 1. The summed E-state index contributed by atoms with van der Waals surface area (Å²) >= 11 is 1.54. The first-order valence-electron chi connectivity index (χ1n) is 5.89. The van der Waals surface area contributed by atoms with Crippen molar-refractivity contribution in [2.75, 3.05) is 5.73 Å². The molecule has 2 heterocycles. The molecule has 0 radical (unpaired) electrons. The Labute approximate surface area is 118 Å². The minimum absolute atomic E-state index is 0.218. The fourth-order valence-corrected chi connectivity index (χ4v) is 3.00. The second-order valence-corrected chi connectivity index (χ2v) is 5.23. The molecule has 0 spiro atoms. The van der Waals surface area contributed by atoms with E-state index in [2.05, 4.69) is 10.2 Å². The monoisotopic (exact) mass is 291 g/mol. The molecule has 0 saturated carbocycles. The number of aromatic amines is 1. The summed E-state index contributed by atoms with van der Waals surface area (Å²) in [5.74, 6) is -1.07. The number of hydrogen-bond acceptors (Lipinski definition) is 3. The van der Waals surface area contributed by atoms with Crippen LogP contribution in [0.25, 0.3) is 22.4 Å². The van der Waals surface area contributed by atoms with Crippen molar-refractivity contribution in [3.8, 4) is 22.4 Å². The first-order valence-corrected chi connectivity index (χ1v) is 6.84. The fraction of sp³-hybridized carbons (Fsp3) is 0.0714. The Morgan fingerprint density at radius 3 is 2.45 bits per heavy atom. The van der Waals surface area contributed by atoms with Crippen LogP contribution in [-0.2, 0) is 0 Å². The van der Waals surface area contributed by atoms with Gasteiger partial charge in [0, 0.05) is 17.0 Å². The summed E-state index contributed by atoms with van der Waals surface area (Å²) in [4.78, 5) is 0. The zero-order valence-corrected chi connectivity index (χ0v) is 11.4. The maximum atomic E-state index is 13.4. The van der Waals surface area contributed by atoms with E-state index in [1.807, 2.05) is 17.7 Å². The van der Waals surface area contributed by atoms with Gasteiger partial charge in [-0.2, -0.15) is 16.4 Å². The fourth-order valence-electron chi connectivity index (χ4n) is 2.16. The van der Waals surface area contributed by atoms with Gasteiger partial charge in [-0.15, -0.1) is 0 Å². The van der Waals surface area contributed by atoms with Gasteiger partial charge in [-0.3, -0.25) is 5.10 Å². The Morgan fingerprint density at radius 1 is 1.15 bits per heavy atom. The average Bonchev–Trinajstić information content (AvgIpc) is 2.93. The Hall–Kier alpha value is -2.21. The maximum Gasteiger partial charge on any atom is 0.153 e. The number of nitrogen functional groups attached to an aromatic ring is 1. The lowest BCUT2D eigenvalue weighted by Crippen LogP contribution is -1.91. The van der Waals surface area contributed by atoms with Gasteiger partial charge < -0.3 is 5.73 Å². The third-order valence-electron chi connectivity index (χ3n) is 3.07. The average molecular weight is 291 g/mol. The largest absolute Gasteiger partial charge is 0.382 e. The van der Waals surface area contributed by atoms with E-state index in [9.17, 15) is 8.78 Å². The first kappa shape index (κ1) is 12.8. The number of thiophene rings is 1. The molecule has 0 aliphatic carbocycles. The van der Waals surface area contributed by atoms with Crippen molar-refractivity contribution in [1.29, 1.82) is 0 Å². The number of nitrogens with two attached hydrogens (primary N) is 1. The van der Waals surface area contributed by atoms with E-state index in [1.165, 1.54) is 12.1 Å². The van der Waals surface area contributed by atoms with Gasteiger partial charge in [0.1, 0.15) is 11.6 Å². The van der Waals surface area contributed by atoms with Crippen LogP contribution in [0.2, 0.25) is 0 Å². The number of nitrogens with zero attached hydrogens (tertiary/aromatic N) is 1. The van der Waals surface area contributed by atoms with E-state index in [0.29, 0.717) is 16.8 Å². The minimum atomic E-state index is -0.645. The number of nitrogens with one attached hydrogen (secondary N) is 1. The summed E-state index contributed by atoms with van der Waals surface area (Å²) in [6, 6.07) is 3.32. The minimum Gasteiger partial charge on any atom is -0.382 e. The molecule has 0 bridgehead atoms. The number of hydrogen-bond donors (Lipinski definition) is 2. The number of rotatable bonds is 2. The number of aromatic nitrogens is 2. The van der Waals surface area contributed by atoms with Gasteiger partial charge in [-0.1, -0.05) is 0 Å². The van der Waals surface area contributed by atoms with Gasteiger partial charge in [0.05, 0.1) is 11.3 Å². The number of anilines is 1. The Kier molecular flexibility index (Phi) is 3.02. The van der Waals surface area contributed by atoms with Crippen LogP contribution in [-0.4, -0.2) is 10.2 Å². The summed E-state index contributed by atoms with van der Waals surface area (Å²) in [5, 5.41) is 10.7. The molecule has 0 aliphatic rings. The highest BCUT2D eigenvalue weighted by Gasteiger charge is 2.18. The summed E-state index contributed by atoms with van der Waals surface area (Å²) in [6.07, 6.45) is 0. The van der Waals surface area contributed by atoms with Crippen molar-refractivity contribution < 1.29 is 8.78 Å². The lowest BCUT2D eigenvalue weighted by atomic mass is 10.0. The van der Waals surface area contributed by atoms with Crippen molar-refractivity contribution in [2.24, 2.45) is 0 Å². The van der Waals surface area contributed by atoms with Crippen LogP contribution >= 0.6 is 11.3 Å². The molecule has 0 amide bonds. The van der Waals surface area contributed by atoms with Crippen LogP contribution in [0, 0.1) is 18.6 Å². The standard InChI is InChI=1S/C14H11F2N3S/c1-7-5-20-6-11(7)13-12(14(17)19-18-13)8-2-9(15)4-10(16)3-8/h2-6H,1H3,(H3,17,18,19). The molecule has 0 unspecified atom stereocenters. The number of halogens is 2. The van der Waals surface area contributed by atoms with Crippen LogP contribution in [0.3, 0.4) is 0 Å². The Morgan fingerprint density at radius 2 is 1.85 bits per heavy atom. The van der Waals surface area contributed by atoms with Gasteiger partial charge in [0.2, 0.25) is 0 Å². The Bertz CT molecular complexity index is 756. The summed E-state index contributed by atoms with van der Waals surface area (Å²) in [6.45, 7) is 1.96. The molecule has 2 aromatic heterocycles. The van der Waals surface area contributed by atoms with Crippen LogP contribution in [0.15, 0.2) is 29.0 Å². The molecule has 3 N–H and O–H groups in total. The van der Waals surface area contributed by atoms with Crippen molar-refractivity contribution in [3.05, 3.63) is 46.2 Å². The molecule has 102 valence electrons. The van der Waals surface area contributed by atoms with Crippen LogP contribution in [0.1, 0.15) is 5.56 Å². The molecule has 0 atom stereocenters. The third kappa shape index (κ3) is 2.08. The highest BCUT2D eigenvalue weighted by Crippen LogP contribution is 2.37. The summed E-state index contributed by atoms with van der Waals surface area (Å²) in [7, 11) is 0. The zero-order valence-electron chi connectivity index (χ0n) is 10.6. The molecule has 3 nitrogen and oxygen atoms in total. The van der Waals surface area contributed by atoms with Gasteiger partial charge in [0.15, 0.2) is 5.82 Å². The quantitative estimate of drug-likeness (QED) is 0.750. The normalized spacial score (nSPS) is 10.9. The van der Waals surface area contributed by atoms with Gasteiger partial charge >= 0.3 is 0 Å². The van der Waals surface area contributed by atoms with Gasteiger partial charge in [0.25, 0.3) is 0 Å². The second-order valence-electron chi connectivity index (χ2n) is 4.49. The molecule has 0 aliphatic heterocycles. The van der Waals surface area contributed by atoms with E-state index in [0.717, 1.165) is 17.2 Å². The molecule has 1 aromatic carbocycles. The summed E-state index contributed by atoms with van der Waals surface area (Å²) < 4.78 is 26.8.